The largest absolute Gasteiger partial charge is 0.445 e. The Morgan fingerprint density at radius 3 is 2.64 bits per heavy atom. The second-order valence-electron chi connectivity index (χ2n) is 8.73. The number of fused-ring (bicyclic) bond motifs is 1. The molecule has 1 aliphatic carbocycles. The molecule has 1 N–H and O–H groups in total. The number of rotatable bonds is 7. The van der Waals surface area contributed by atoms with Crippen LogP contribution in [-0.2, 0) is 29.0 Å². The van der Waals surface area contributed by atoms with Crippen molar-refractivity contribution in [3.05, 3.63) is 17.3 Å². The molecule has 1 aliphatic heterocycles. The number of hydrogen-bond acceptors (Lipinski definition) is 4. The minimum atomic E-state index is 0.00959. The molecule has 0 radical (unpaired) electrons. The molecule has 0 bridgehead atoms. The van der Waals surface area contributed by atoms with Crippen molar-refractivity contribution in [2.24, 2.45) is 5.92 Å². The van der Waals surface area contributed by atoms with E-state index in [1.54, 1.807) is 0 Å². The summed E-state index contributed by atoms with van der Waals surface area (Å²) < 4.78 is 5.86. The molecule has 2 heterocycles. The van der Waals surface area contributed by atoms with Crippen LogP contribution >= 0.6 is 0 Å². The first-order valence-corrected chi connectivity index (χ1v) is 11.1. The fourth-order valence-corrected chi connectivity index (χ4v) is 4.09. The highest BCUT2D eigenvalue weighted by atomic mass is 16.4. The minimum Gasteiger partial charge on any atom is -0.445 e. The highest BCUT2D eigenvalue weighted by molar-refractivity contribution is 5.84. The molecule has 6 nitrogen and oxygen atoms in total. The molecule has 156 valence electrons. The van der Waals surface area contributed by atoms with E-state index in [-0.39, 0.29) is 24.7 Å². The predicted octanol–water partition coefficient (Wildman–Crippen LogP) is 3.77. The zero-order chi connectivity index (χ0) is 19.9. The molecule has 0 aromatic carbocycles. The van der Waals surface area contributed by atoms with E-state index in [2.05, 4.69) is 24.1 Å². The minimum absolute atomic E-state index is 0.00959. The molecule has 1 aromatic rings. The lowest BCUT2D eigenvalue weighted by Crippen LogP contribution is -2.38. The summed E-state index contributed by atoms with van der Waals surface area (Å²) in [7, 11) is 0. The van der Waals surface area contributed by atoms with Gasteiger partial charge in [-0.2, -0.15) is 0 Å². The van der Waals surface area contributed by atoms with E-state index >= 15 is 0 Å². The van der Waals surface area contributed by atoms with Gasteiger partial charge in [0, 0.05) is 38.3 Å². The van der Waals surface area contributed by atoms with Gasteiger partial charge in [-0.3, -0.25) is 9.59 Å². The van der Waals surface area contributed by atoms with Gasteiger partial charge >= 0.3 is 0 Å². The number of hydrogen-bond donors (Lipinski definition) is 1. The fourth-order valence-electron chi connectivity index (χ4n) is 4.09. The molecule has 2 amide bonds. The smallest absolute Gasteiger partial charge is 0.223 e. The van der Waals surface area contributed by atoms with Crippen molar-refractivity contribution in [3.8, 4) is 0 Å². The average molecular weight is 390 g/mol. The van der Waals surface area contributed by atoms with Crippen LogP contribution in [-0.4, -0.2) is 34.3 Å². The number of nitrogens with one attached hydrogen (secondary N) is 1. The van der Waals surface area contributed by atoms with Crippen molar-refractivity contribution in [1.29, 1.82) is 0 Å². The molecule has 2 aliphatic rings. The summed E-state index contributed by atoms with van der Waals surface area (Å²) in [6.45, 7) is 5.53. The zero-order valence-corrected chi connectivity index (χ0v) is 17.5. The summed E-state index contributed by atoms with van der Waals surface area (Å²) >= 11 is 0. The van der Waals surface area contributed by atoms with Gasteiger partial charge in [0.1, 0.15) is 11.5 Å². The van der Waals surface area contributed by atoms with E-state index in [0.29, 0.717) is 31.5 Å². The van der Waals surface area contributed by atoms with Crippen molar-refractivity contribution in [2.75, 3.05) is 6.54 Å². The lowest BCUT2D eigenvalue weighted by molar-refractivity contribution is -0.134. The van der Waals surface area contributed by atoms with Crippen LogP contribution in [0.1, 0.15) is 89.0 Å². The normalized spacial score (nSPS) is 18.0. The van der Waals surface area contributed by atoms with Crippen molar-refractivity contribution < 1.29 is 14.0 Å². The van der Waals surface area contributed by atoms with Gasteiger partial charge in [0.05, 0.1) is 6.54 Å². The third kappa shape index (κ3) is 6.08. The van der Waals surface area contributed by atoms with Crippen LogP contribution in [0.2, 0.25) is 0 Å². The second kappa shape index (κ2) is 10.1. The topological polar surface area (TPSA) is 75.4 Å². The molecule has 1 aromatic heterocycles. The maximum atomic E-state index is 12.6. The van der Waals surface area contributed by atoms with Gasteiger partial charge in [0.2, 0.25) is 11.8 Å². The number of aromatic nitrogens is 1. The Morgan fingerprint density at radius 2 is 1.93 bits per heavy atom. The Labute approximate surface area is 168 Å². The molecule has 6 heteroatoms. The van der Waals surface area contributed by atoms with Gasteiger partial charge in [-0.05, 0) is 25.2 Å². The SMILES string of the molecule is CC(C)CCc1nc2c(o1)CCN(C(=O)CCC(=O)NC1CCCCCC1)C2. The van der Waals surface area contributed by atoms with Crippen molar-refractivity contribution in [1.82, 2.24) is 15.2 Å². The number of oxazole rings is 1. The third-order valence-electron chi connectivity index (χ3n) is 5.85. The van der Waals surface area contributed by atoms with Crippen molar-refractivity contribution in [2.45, 2.75) is 97.1 Å². The Kier molecular flexibility index (Phi) is 7.51. The van der Waals surface area contributed by atoms with Gasteiger partial charge in [-0.1, -0.05) is 39.5 Å². The van der Waals surface area contributed by atoms with Gasteiger partial charge < -0.3 is 14.6 Å². The number of aryl methyl sites for hydroxylation is 1. The van der Waals surface area contributed by atoms with Crippen molar-refractivity contribution in [3.63, 3.8) is 0 Å². The molecule has 28 heavy (non-hydrogen) atoms. The molecule has 0 atom stereocenters. The Balaban J connectivity index is 1.43. The molecule has 0 spiro atoms. The molecule has 0 saturated heterocycles. The van der Waals surface area contributed by atoms with Crippen LogP contribution in [0.4, 0.5) is 0 Å². The quantitative estimate of drug-likeness (QED) is 0.720. The van der Waals surface area contributed by atoms with E-state index in [1.807, 2.05) is 4.90 Å². The summed E-state index contributed by atoms with van der Waals surface area (Å²) in [5.74, 6) is 2.37. The Bertz CT molecular complexity index is 660. The third-order valence-corrected chi connectivity index (χ3v) is 5.85. The Hall–Kier alpha value is -1.85. The summed E-state index contributed by atoms with van der Waals surface area (Å²) in [5.41, 5.74) is 0.890. The van der Waals surface area contributed by atoms with Crippen LogP contribution in [0.25, 0.3) is 0 Å². The van der Waals surface area contributed by atoms with E-state index in [0.717, 1.165) is 43.0 Å². The van der Waals surface area contributed by atoms with Gasteiger partial charge in [-0.15, -0.1) is 0 Å². The van der Waals surface area contributed by atoms with Crippen LogP contribution in [0.15, 0.2) is 4.42 Å². The van der Waals surface area contributed by atoms with Crippen molar-refractivity contribution >= 4 is 11.8 Å². The first-order chi connectivity index (χ1) is 13.5. The predicted molar refractivity (Wildman–Crippen MR) is 108 cm³/mol. The first kappa shape index (κ1) is 20.9. The van der Waals surface area contributed by atoms with Crippen LogP contribution in [0.3, 0.4) is 0 Å². The van der Waals surface area contributed by atoms with Gasteiger partial charge in [0.25, 0.3) is 0 Å². The number of amides is 2. The van der Waals surface area contributed by atoms with Gasteiger partial charge in [-0.25, -0.2) is 4.98 Å². The summed E-state index contributed by atoms with van der Waals surface area (Å²) in [6.07, 6.45) is 10.2. The maximum Gasteiger partial charge on any atom is 0.223 e. The van der Waals surface area contributed by atoms with Crippen LogP contribution < -0.4 is 5.32 Å². The number of carbonyl (C=O) groups excluding carboxylic acids is 2. The van der Waals surface area contributed by atoms with Gasteiger partial charge in [0.15, 0.2) is 5.89 Å². The fraction of sp³-hybridized carbons (Fsp3) is 0.773. The lowest BCUT2D eigenvalue weighted by Gasteiger charge is -2.25. The summed E-state index contributed by atoms with van der Waals surface area (Å²) in [4.78, 5) is 31.2. The van der Waals surface area contributed by atoms with E-state index in [1.165, 1.54) is 25.7 Å². The molecule has 1 saturated carbocycles. The number of carbonyl (C=O) groups is 2. The lowest BCUT2D eigenvalue weighted by atomic mass is 10.1. The maximum absolute atomic E-state index is 12.6. The molecular weight excluding hydrogens is 354 g/mol. The summed E-state index contributed by atoms with van der Waals surface area (Å²) in [6, 6.07) is 0.294. The Morgan fingerprint density at radius 1 is 1.18 bits per heavy atom. The van der Waals surface area contributed by atoms with E-state index in [4.69, 9.17) is 4.42 Å². The zero-order valence-electron chi connectivity index (χ0n) is 17.5. The molecule has 3 rings (SSSR count). The van der Waals surface area contributed by atoms with E-state index in [9.17, 15) is 9.59 Å². The van der Waals surface area contributed by atoms with E-state index < -0.39 is 0 Å². The highest BCUT2D eigenvalue weighted by Gasteiger charge is 2.26. The first-order valence-electron chi connectivity index (χ1n) is 11.1. The second-order valence-corrected chi connectivity index (χ2v) is 8.73. The highest BCUT2D eigenvalue weighted by Crippen LogP contribution is 2.22. The summed E-state index contributed by atoms with van der Waals surface area (Å²) in [5, 5.41) is 3.12. The number of nitrogens with zero attached hydrogens (tertiary/aromatic N) is 2. The molecule has 1 fully saturated rings. The van der Waals surface area contributed by atoms with Crippen LogP contribution in [0, 0.1) is 5.92 Å². The standard InChI is InChI=1S/C22H35N3O3/c1-16(2)9-11-21-24-18-15-25(14-13-19(18)28-21)22(27)12-10-20(26)23-17-7-5-3-4-6-8-17/h16-17H,3-15H2,1-2H3,(H,23,26). The molecule has 0 unspecified atom stereocenters. The van der Waals surface area contributed by atoms with Crippen LogP contribution in [0.5, 0.6) is 0 Å². The average Bonchev–Trinajstić information content (AvgIpc) is 2.91. The monoisotopic (exact) mass is 389 g/mol. The molecular formula is C22H35N3O3.